The molecule has 0 amide bonds. The number of nitrogens with one attached hydrogen (secondary N) is 2. The van der Waals surface area contributed by atoms with Crippen molar-refractivity contribution in [2.75, 3.05) is 0 Å². The standard InChI is InChI=1S/C8H16N2OS/c1-8(2,3)11-10-7(12)9-6-4-5-6/h6H,4-5H2,1-3H3,(H2,9,10,12). The van der Waals surface area contributed by atoms with Crippen LogP contribution >= 0.6 is 12.2 Å². The molecular weight excluding hydrogens is 172 g/mol. The van der Waals surface area contributed by atoms with Gasteiger partial charge in [0.25, 0.3) is 0 Å². The number of thiocarbonyl (C=S) groups is 1. The van der Waals surface area contributed by atoms with Gasteiger partial charge in [0.1, 0.15) is 0 Å². The molecule has 0 radical (unpaired) electrons. The SMILES string of the molecule is CC(C)(C)ONC(=S)NC1CC1. The third kappa shape index (κ3) is 4.51. The van der Waals surface area contributed by atoms with Crippen molar-refractivity contribution < 1.29 is 4.84 Å². The van der Waals surface area contributed by atoms with Gasteiger partial charge >= 0.3 is 0 Å². The highest BCUT2D eigenvalue weighted by atomic mass is 32.1. The molecule has 0 bridgehead atoms. The largest absolute Gasteiger partial charge is 0.358 e. The van der Waals surface area contributed by atoms with Gasteiger partial charge < -0.3 is 5.32 Å². The van der Waals surface area contributed by atoms with Crippen LogP contribution in [0, 0.1) is 0 Å². The van der Waals surface area contributed by atoms with Crippen molar-refractivity contribution in [1.29, 1.82) is 0 Å². The quantitative estimate of drug-likeness (QED) is 0.506. The highest BCUT2D eigenvalue weighted by Crippen LogP contribution is 2.18. The summed E-state index contributed by atoms with van der Waals surface area (Å²) in [6, 6.07) is 0.577. The molecule has 1 saturated carbocycles. The van der Waals surface area contributed by atoms with Gasteiger partial charge in [-0.15, -0.1) is 0 Å². The van der Waals surface area contributed by atoms with E-state index < -0.39 is 0 Å². The van der Waals surface area contributed by atoms with Gasteiger partial charge in [0, 0.05) is 6.04 Å². The lowest BCUT2D eigenvalue weighted by Gasteiger charge is -2.20. The number of hydrogen-bond donors (Lipinski definition) is 2. The highest BCUT2D eigenvalue weighted by Gasteiger charge is 2.22. The number of hydrogen-bond acceptors (Lipinski definition) is 2. The molecule has 4 heteroatoms. The normalized spacial score (nSPS) is 17.2. The molecule has 0 spiro atoms. The molecule has 0 aromatic carbocycles. The van der Waals surface area contributed by atoms with Crippen molar-refractivity contribution in [1.82, 2.24) is 10.8 Å². The maximum Gasteiger partial charge on any atom is 0.190 e. The smallest absolute Gasteiger partial charge is 0.190 e. The number of rotatable bonds is 2. The van der Waals surface area contributed by atoms with Gasteiger partial charge in [-0.25, -0.2) is 5.48 Å². The second kappa shape index (κ2) is 3.58. The van der Waals surface area contributed by atoms with Crippen molar-refractivity contribution in [2.24, 2.45) is 0 Å². The van der Waals surface area contributed by atoms with Crippen LogP contribution < -0.4 is 10.8 Å². The summed E-state index contributed by atoms with van der Waals surface area (Å²) in [6.07, 6.45) is 2.44. The Morgan fingerprint density at radius 1 is 1.42 bits per heavy atom. The van der Waals surface area contributed by atoms with E-state index in [9.17, 15) is 0 Å². The van der Waals surface area contributed by atoms with E-state index in [0.717, 1.165) is 0 Å². The first-order chi connectivity index (χ1) is 5.47. The Bertz CT molecular complexity index is 172. The van der Waals surface area contributed by atoms with Crippen LogP contribution in [-0.4, -0.2) is 16.8 Å². The fourth-order valence-electron chi connectivity index (χ4n) is 0.642. The van der Waals surface area contributed by atoms with Crippen LogP contribution in [0.2, 0.25) is 0 Å². The summed E-state index contributed by atoms with van der Waals surface area (Å²) in [5.41, 5.74) is 2.52. The zero-order valence-corrected chi connectivity index (χ0v) is 8.62. The summed E-state index contributed by atoms with van der Waals surface area (Å²) >= 11 is 4.99. The average molecular weight is 188 g/mol. The van der Waals surface area contributed by atoms with E-state index >= 15 is 0 Å². The predicted octanol–water partition coefficient (Wildman–Crippen LogP) is 1.34. The van der Waals surface area contributed by atoms with Crippen molar-refractivity contribution in [3.63, 3.8) is 0 Å². The summed E-state index contributed by atoms with van der Waals surface area (Å²) in [5, 5.41) is 3.71. The Morgan fingerprint density at radius 2 is 2.00 bits per heavy atom. The molecule has 0 atom stereocenters. The van der Waals surface area contributed by atoms with Gasteiger partial charge in [0.05, 0.1) is 5.60 Å². The molecule has 1 aliphatic carbocycles. The molecule has 2 N–H and O–H groups in total. The van der Waals surface area contributed by atoms with Crippen LogP contribution in [0.4, 0.5) is 0 Å². The van der Waals surface area contributed by atoms with E-state index in [1.165, 1.54) is 12.8 Å². The Morgan fingerprint density at radius 3 is 2.42 bits per heavy atom. The summed E-state index contributed by atoms with van der Waals surface area (Å²) < 4.78 is 0. The highest BCUT2D eigenvalue weighted by molar-refractivity contribution is 7.80. The Kier molecular flexibility index (Phi) is 2.90. The molecule has 70 valence electrons. The third-order valence-corrected chi connectivity index (χ3v) is 1.56. The maximum atomic E-state index is 5.27. The molecule has 3 nitrogen and oxygen atoms in total. The van der Waals surface area contributed by atoms with E-state index in [-0.39, 0.29) is 5.60 Å². The van der Waals surface area contributed by atoms with Crippen LogP contribution in [0.15, 0.2) is 0 Å². The maximum absolute atomic E-state index is 5.27. The minimum atomic E-state index is -0.199. The summed E-state index contributed by atoms with van der Waals surface area (Å²) in [5.74, 6) is 0. The Balaban J connectivity index is 2.09. The van der Waals surface area contributed by atoms with Crippen LogP contribution in [0.25, 0.3) is 0 Å². The summed E-state index contributed by atoms with van der Waals surface area (Å²) in [4.78, 5) is 5.27. The monoisotopic (exact) mass is 188 g/mol. The molecule has 1 rings (SSSR count). The van der Waals surface area contributed by atoms with E-state index in [0.29, 0.717) is 11.2 Å². The third-order valence-electron chi connectivity index (χ3n) is 1.36. The van der Waals surface area contributed by atoms with Gasteiger partial charge in [0.2, 0.25) is 0 Å². The fraction of sp³-hybridized carbons (Fsp3) is 0.875. The lowest BCUT2D eigenvalue weighted by atomic mass is 10.2. The molecule has 1 fully saturated rings. The second-order valence-electron chi connectivity index (χ2n) is 4.06. The van der Waals surface area contributed by atoms with E-state index in [1.54, 1.807) is 0 Å². The average Bonchev–Trinajstić information content (AvgIpc) is 2.66. The lowest BCUT2D eigenvalue weighted by Crippen LogP contribution is -2.40. The van der Waals surface area contributed by atoms with E-state index in [1.807, 2.05) is 20.8 Å². The minimum absolute atomic E-state index is 0.199. The molecule has 0 aliphatic heterocycles. The molecule has 0 unspecified atom stereocenters. The minimum Gasteiger partial charge on any atom is -0.358 e. The summed E-state index contributed by atoms with van der Waals surface area (Å²) in [6.45, 7) is 5.92. The lowest BCUT2D eigenvalue weighted by molar-refractivity contribution is -0.0427. The van der Waals surface area contributed by atoms with Gasteiger partial charge in [-0.2, -0.15) is 0 Å². The zero-order valence-electron chi connectivity index (χ0n) is 7.81. The van der Waals surface area contributed by atoms with Gasteiger partial charge in [-0.3, -0.25) is 4.84 Å². The molecule has 1 aliphatic rings. The predicted molar refractivity (Wildman–Crippen MR) is 52.7 cm³/mol. The second-order valence-corrected chi connectivity index (χ2v) is 4.47. The molecule has 12 heavy (non-hydrogen) atoms. The Labute approximate surface area is 78.8 Å². The van der Waals surface area contributed by atoms with E-state index in [4.69, 9.17) is 17.1 Å². The zero-order chi connectivity index (χ0) is 9.19. The first-order valence-corrected chi connectivity index (χ1v) is 4.63. The van der Waals surface area contributed by atoms with Crippen molar-refractivity contribution in [2.45, 2.75) is 45.3 Å². The van der Waals surface area contributed by atoms with Crippen LogP contribution in [0.5, 0.6) is 0 Å². The molecule has 0 aromatic rings. The first-order valence-electron chi connectivity index (χ1n) is 4.22. The van der Waals surface area contributed by atoms with Crippen molar-refractivity contribution in [3.05, 3.63) is 0 Å². The molecule has 0 saturated heterocycles. The van der Waals surface area contributed by atoms with Gasteiger partial charge in [-0.05, 0) is 45.8 Å². The topological polar surface area (TPSA) is 33.3 Å². The molecule has 0 heterocycles. The molecular formula is C8H16N2OS. The summed E-state index contributed by atoms with van der Waals surface area (Å²) in [7, 11) is 0. The van der Waals surface area contributed by atoms with Crippen LogP contribution in [-0.2, 0) is 4.84 Å². The first kappa shape index (κ1) is 9.74. The van der Waals surface area contributed by atoms with Gasteiger partial charge in [0.15, 0.2) is 5.11 Å². The van der Waals surface area contributed by atoms with Crippen molar-refractivity contribution >= 4 is 17.3 Å². The Hall–Kier alpha value is -0.350. The van der Waals surface area contributed by atoms with Crippen LogP contribution in [0.1, 0.15) is 33.6 Å². The number of hydroxylamine groups is 1. The molecule has 0 aromatic heterocycles. The van der Waals surface area contributed by atoms with E-state index in [2.05, 4.69) is 10.8 Å². The van der Waals surface area contributed by atoms with Crippen LogP contribution in [0.3, 0.4) is 0 Å². The van der Waals surface area contributed by atoms with Crippen molar-refractivity contribution in [3.8, 4) is 0 Å². The van der Waals surface area contributed by atoms with Gasteiger partial charge in [-0.1, -0.05) is 0 Å². The fourth-order valence-corrected chi connectivity index (χ4v) is 0.850.